The van der Waals surface area contributed by atoms with Gasteiger partial charge in [-0.1, -0.05) is 0 Å². The average molecular weight is 213 g/mol. The van der Waals surface area contributed by atoms with Crippen molar-refractivity contribution in [3.63, 3.8) is 0 Å². The fourth-order valence-electron chi connectivity index (χ4n) is 0.391. The Morgan fingerprint density at radius 3 is 1.83 bits per heavy atom. The minimum absolute atomic E-state index is 0.787. The fraction of sp³-hybridized carbons (Fsp3) is 1.00. The highest BCUT2D eigenvalue weighted by Gasteiger charge is 2.59. The molecule has 0 saturated carbocycles. The number of hydrogen-bond donors (Lipinski definition) is 0. The second-order valence-electron chi connectivity index (χ2n) is 1.93. The number of halogens is 6. The van der Waals surface area contributed by atoms with Gasteiger partial charge in [0.2, 0.25) is 0 Å². The molecular formula is C4H3F6OS+. The first-order valence-corrected chi connectivity index (χ1v) is 3.46. The molecule has 0 spiro atoms. The molecule has 0 bridgehead atoms. The van der Waals surface area contributed by atoms with E-state index in [1.807, 2.05) is 0 Å². The number of alkyl halides is 6. The molecule has 0 heterocycles. The van der Waals surface area contributed by atoms with Crippen LogP contribution in [0.5, 0.6) is 0 Å². The lowest BCUT2D eigenvalue weighted by atomic mass is 10.2. The molecule has 0 aromatic carbocycles. The van der Waals surface area contributed by atoms with Crippen molar-refractivity contribution in [3.8, 4) is 0 Å². The van der Waals surface area contributed by atoms with Crippen molar-refractivity contribution in [1.29, 1.82) is 0 Å². The first-order valence-electron chi connectivity index (χ1n) is 2.55. The van der Waals surface area contributed by atoms with Crippen LogP contribution in [0.1, 0.15) is 0 Å². The number of rotatable bonds is 3. The van der Waals surface area contributed by atoms with Crippen LogP contribution in [0, 0.1) is 0 Å². The standard InChI is InChI=1S/C4H3F6OS/c5-2(4(8,9)10)3(6,7)1-12-11/h2H,1H2/q+1. The molecule has 0 aliphatic rings. The topological polar surface area (TPSA) is 17.1 Å². The largest absolute Gasteiger partial charge is 0.465 e. The summed E-state index contributed by atoms with van der Waals surface area (Å²) in [5.41, 5.74) is 0. The molecule has 1 atom stereocenters. The molecule has 1 unspecified atom stereocenters. The van der Waals surface area contributed by atoms with Crippen molar-refractivity contribution >= 4 is 11.7 Å². The zero-order valence-electron chi connectivity index (χ0n) is 5.37. The summed E-state index contributed by atoms with van der Waals surface area (Å²) in [4.78, 5) is 0. The van der Waals surface area contributed by atoms with Gasteiger partial charge in [-0.25, -0.2) is 4.39 Å². The van der Waals surface area contributed by atoms with Crippen molar-refractivity contribution in [1.82, 2.24) is 0 Å². The van der Waals surface area contributed by atoms with Crippen LogP contribution in [0.4, 0.5) is 26.3 Å². The van der Waals surface area contributed by atoms with Gasteiger partial charge in [0.25, 0.3) is 11.9 Å². The molecule has 0 fully saturated rings. The second-order valence-corrected chi connectivity index (χ2v) is 2.45. The van der Waals surface area contributed by atoms with E-state index in [4.69, 9.17) is 0 Å². The predicted molar refractivity (Wildman–Crippen MR) is 28.8 cm³/mol. The maximum absolute atomic E-state index is 12.0. The molecule has 0 rings (SSSR count). The Labute approximate surface area is 67.2 Å². The molecule has 0 N–H and O–H groups in total. The van der Waals surface area contributed by atoms with E-state index in [2.05, 4.69) is 0 Å². The van der Waals surface area contributed by atoms with Gasteiger partial charge in [-0.2, -0.15) is 22.0 Å². The Hall–Kier alpha value is -0.400. The molecule has 1 nitrogen and oxygen atoms in total. The summed E-state index contributed by atoms with van der Waals surface area (Å²) >= 11 is -0.787. The third-order valence-corrected chi connectivity index (χ3v) is 1.41. The average Bonchev–Trinajstić information content (AvgIpc) is 1.84. The van der Waals surface area contributed by atoms with Gasteiger partial charge in [-0.05, 0) is 0 Å². The van der Waals surface area contributed by atoms with Crippen LogP contribution in [0.25, 0.3) is 0 Å². The summed E-state index contributed by atoms with van der Waals surface area (Å²) in [6.45, 7) is 0. The van der Waals surface area contributed by atoms with Crippen LogP contribution < -0.4 is 0 Å². The fourth-order valence-corrected chi connectivity index (χ4v) is 0.695. The minimum Gasteiger partial charge on any atom is -0.230 e. The zero-order valence-corrected chi connectivity index (χ0v) is 6.19. The maximum atomic E-state index is 12.0. The van der Waals surface area contributed by atoms with Gasteiger partial charge in [-0.3, -0.25) is 0 Å². The summed E-state index contributed by atoms with van der Waals surface area (Å²) in [5.74, 6) is -6.38. The van der Waals surface area contributed by atoms with E-state index in [0.29, 0.717) is 0 Å². The van der Waals surface area contributed by atoms with Crippen molar-refractivity contribution in [2.75, 3.05) is 5.75 Å². The van der Waals surface area contributed by atoms with Crippen LogP contribution in [0.15, 0.2) is 0 Å². The Balaban J connectivity index is 4.44. The van der Waals surface area contributed by atoms with E-state index >= 15 is 0 Å². The van der Waals surface area contributed by atoms with Crippen LogP contribution in [-0.4, -0.2) is 24.0 Å². The molecule has 0 aliphatic carbocycles. The summed E-state index contributed by atoms with van der Waals surface area (Å²) in [5, 5.41) is 0. The molecule has 0 aliphatic heterocycles. The van der Waals surface area contributed by atoms with Gasteiger partial charge >= 0.3 is 23.8 Å². The van der Waals surface area contributed by atoms with Crippen molar-refractivity contribution < 1.29 is 30.6 Å². The summed E-state index contributed by atoms with van der Waals surface area (Å²) in [6, 6.07) is 0. The van der Waals surface area contributed by atoms with Crippen LogP contribution in [-0.2, 0) is 15.9 Å². The molecule has 8 heteroatoms. The van der Waals surface area contributed by atoms with E-state index in [0.717, 1.165) is 0 Å². The maximum Gasteiger partial charge on any atom is 0.465 e. The monoisotopic (exact) mass is 213 g/mol. The summed E-state index contributed by atoms with van der Waals surface area (Å²) in [6.07, 6.45) is -9.90. The molecule has 0 amide bonds. The molecule has 72 valence electrons. The first-order chi connectivity index (χ1) is 5.22. The highest BCUT2D eigenvalue weighted by molar-refractivity contribution is 7.65. The Morgan fingerprint density at radius 1 is 1.17 bits per heavy atom. The summed E-state index contributed by atoms with van der Waals surface area (Å²) < 4.78 is 79.2. The van der Waals surface area contributed by atoms with Crippen molar-refractivity contribution in [2.45, 2.75) is 18.3 Å². The van der Waals surface area contributed by atoms with Gasteiger partial charge in [0.05, 0.1) is 0 Å². The van der Waals surface area contributed by atoms with E-state index in [1.54, 1.807) is 0 Å². The molecule has 0 aromatic rings. The van der Waals surface area contributed by atoms with Gasteiger partial charge in [-0.15, -0.1) is 0 Å². The van der Waals surface area contributed by atoms with Crippen molar-refractivity contribution in [3.05, 3.63) is 0 Å². The van der Waals surface area contributed by atoms with Gasteiger partial charge in [0, 0.05) is 4.21 Å². The third-order valence-electron chi connectivity index (χ3n) is 0.910. The Kier molecular flexibility index (Phi) is 3.43. The normalized spacial score (nSPS) is 15.8. The highest BCUT2D eigenvalue weighted by atomic mass is 32.1. The highest BCUT2D eigenvalue weighted by Crippen LogP contribution is 2.34. The lowest BCUT2D eigenvalue weighted by Gasteiger charge is -2.16. The lowest BCUT2D eigenvalue weighted by Crippen LogP contribution is -2.43. The van der Waals surface area contributed by atoms with Crippen LogP contribution in [0.3, 0.4) is 0 Å². The van der Waals surface area contributed by atoms with Gasteiger partial charge in [0.1, 0.15) is 0 Å². The van der Waals surface area contributed by atoms with Gasteiger partial charge in [0.15, 0.2) is 0 Å². The third kappa shape index (κ3) is 2.92. The quantitative estimate of drug-likeness (QED) is 0.517. The molecule has 0 saturated heterocycles. The Bertz CT molecular complexity index is 165. The molecule has 12 heavy (non-hydrogen) atoms. The zero-order chi connectivity index (χ0) is 9.99. The van der Waals surface area contributed by atoms with Crippen molar-refractivity contribution in [2.24, 2.45) is 0 Å². The molecule has 0 aromatic heterocycles. The molecule has 0 radical (unpaired) electrons. The van der Waals surface area contributed by atoms with E-state index in [-0.39, 0.29) is 0 Å². The van der Waals surface area contributed by atoms with E-state index in [1.165, 1.54) is 0 Å². The van der Waals surface area contributed by atoms with E-state index in [9.17, 15) is 30.6 Å². The predicted octanol–water partition coefficient (Wildman–Crippen LogP) is 1.95. The Morgan fingerprint density at radius 2 is 1.58 bits per heavy atom. The van der Waals surface area contributed by atoms with Gasteiger partial charge < -0.3 is 0 Å². The van der Waals surface area contributed by atoms with Crippen LogP contribution >= 0.6 is 0 Å². The summed E-state index contributed by atoms with van der Waals surface area (Å²) in [7, 11) is 0. The first kappa shape index (κ1) is 11.6. The lowest BCUT2D eigenvalue weighted by molar-refractivity contribution is -0.237. The van der Waals surface area contributed by atoms with Crippen LogP contribution in [0.2, 0.25) is 0 Å². The number of hydrogen-bond acceptors (Lipinski definition) is 1. The second kappa shape index (κ2) is 3.55. The smallest absolute Gasteiger partial charge is 0.230 e. The van der Waals surface area contributed by atoms with E-state index < -0.39 is 35.7 Å². The SMILES string of the molecule is O=[S+]CC(F)(F)C(F)C(F)(F)F. The minimum atomic E-state index is -5.63. The molecular weight excluding hydrogens is 210 g/mol.